The lowest BCUT2D eigenvalue weighted by Gasteiger charge is -2.38. The Balaban J connectivity index is 0.00000267. The molecule has 0 spiro atoms. The summed E-state index contributed by atoms with van der Waals surface area (Å²) < 4.78 is 34.7. The van der Waals surface area contributed by atoms with Gasteiger partial charge in [-0.25, -0.2) is 8.42 Å². The minimum atomic E-state index is -3.72. The molecule has 4 rings (SSSR count). The first kappa shape index (κ1) is 34.0. The molecule has 4 atom stereocenters. The lowest BCUT2D eigenvalue weighted by molar-refractivity contribution is -0.129. The summed E-state index contributed by atoms with van der Waals surface area (Å²) in [4.78, 5) is 17.8. The van der Waals surface area contributed by atoms with Gasteiger partial charge in [-0.15, -0.1) is 24.8 Å². The molecule has 1 amide bonds. The molecule has 0 aromatic heterocycles. The first-order valence-electron chi connectivity index (χ1n) is 13.7. The Hall–Kier alpha value is -1.18. The minimum Gasteiger partial charge on any atom is -0.493 e. The summed E-state index contributed by atoms with van der Waals surface area (Å²) in [5.74, 6) is 0.914. The molecule has 224 valence electrons. The molecular formula is C26H45Cl2N5O5S. The second-order valence-electron chi connectivity index (χ2n) is 10.2. The van der Waals surface area contributed by atoms with Gasteiger partial charge in [0, 0.05) is 50.9 Å². The largest absolute Gasteiger partial charge is 0.493 e. The van der Waals surface area contributed by atoms with Crippen LogP contribution in [0.5, 0.6) is 5.75 Å². The number of likely N-dealkylation sites (tertiary alicyclic amines) is 1. The Morgan fingerprint density at radius 3 is 2.41 bits per heavy atom. The van der Waals surface area contributed by atoms with Crippen molar-refractivity contribution in [3.05, 3.63) is 23.8 Å². The molecule has 3 heterocycles. The van der Waals surface area contributed by atoms with E-state index in [4.69, 9.17) is 4.74 Å². The summed E-state index contributed by atoms with van der Waals surface area (Å²) in [5.41, 5.74) is 0.644. The molecular weight excluding hydrogens is 565 g/mol. The van der Waals surface area contributed by atoms with Crippen LogP contribution in [0.2, 0.25) is 0 Å². The van der Waals surface area contributed by atoms with Crippen molar-refractivity contribution in [3.8, 4) is 5.75 Å². The van der Waals surface area contributed by atoms with Crippen LogP contribution < -0.4 is 15.4 Å². The normalized spacial score (nSPS) is 26.3. The number of sulfonamides is 1. The standard InChI is InChI=1S/C26H43N5O5S.2ClH/c1-4-7-19-18-30(6-3)24-23(19)27-25(28-26(24)33)21-17-20(8-9-22(21)36-16-5-2)37(34,35)31-12-10-29(11-13-31)14-15-32;;/h8-9,17,19,23-25,27,32H,4-7,10-16,18H2,1-3H3,(H,28,33);2*1H. The number of aliphatic hydroxyl groups excluding tert-OH is 1. The zero-order chi connectivity index (χ0) is 26.6. The molecule has 3 aliphatic rings. The van der Waals surface area contributed by atoms with Crippen LogP contribution in [0, 0.1) is 5.92 Å². The molecule has 3 fully saturated rings. The van der Waals surface area contributed by atoms with Crippen molar-refractivity contribution in [3.63, 3.8) is 0 Å². The van der Waals surface area contributed by atoms with E-state index in [1.54, 1.807) is 18.2 Å². The maximum atomic E-state index is 13.6. The fraction of sp³-hybridized carbons (Fsp3) is 0.731. The van der Waals surface area contributed by atoms with Crippen LogP contribution in [0.1, 0.15) is 51.8 Å². The molecule has 0 radical (unpaired) electrons. The lowest BCUT2D eigenvalue weighted by atomic mass is 9.91. The Bertz CT molecular complexity index is 1040. The Kier molecular flexibility index (Phi) is 13.2. The first-order chi connectivity index (χ1) is 17.8. The average Bonchev–Trinajstić information content (AvgIpc) is 3.26. The Morgan fingerprint density at radius 2 is 1.79 bits per heavy atom. The summed E-state index contributed by atoms with van der Waals surface area (Å²) in [6, 6.07) is 4.76. The van der Waals surface area contributed by atoms with Crippen molar-refractivity contribution in [2.24, 2.45) is 5.92 Å². The number of amides is 1. The monoisotopic (exact) mass is 609 g/mol. The quantitative estimate of drug-likeness (QED) is 0.348. The number of carbonyl (C=O) groups excluding carboxylic acids is 1. The molecule has 3 N–H and O–H groups in total. The van der Waals surface area contributed by atoms with Crippen molar-refractivity contribution in [2.75, 3.05) is 59.0 Å². The molecule has 3 aliphatic heterocycles. The summed E-state index contributed by atoms with van der Waals surface area (Å²) in [5, 5.41) is 16.0. The van der Waals surface area contributed by atoms with Gasteiger partial charge in [-0.3, -0.25) is 19.9 Å². The molecule has 0 saturated carbocycles. The van der Waals surface area contributed by atoms with Crippen molar-refractivity contribution < 1.29 is 23.1 Å². The maximum absolute atomic E-state index is 13.6. The third-order valence-electron chi connectivity index (χ3n) is 7.83. The Labute approximate surface area is 245 Å². The molecule has 1 aromatic carbocycles. The number of benzene rings is 1. The molecule has 1 aromatic rings. The van der Waals surface area contributed by atoms with Gasteiger partial charge >= 0.3 is 0 Å². The van der Waals surface area contributed by atoms with Gasteiger partial charge in [0.2, 0.25) is 15.9 Å². The van der Waals surface area contributed by atoms with E-state index in [1.807, 2.05) is 6.92 Å². The number of nitrogens with zero attached hydrogens (tertiary/aromatic N) is 3. The average molecular weight is 611 g/mol. The highest BCUT2D eigenvalue weighted by atomic mass is 35.5. The van der Waals surface area contributed by atoms with Crippen LogP contribution in [0.25, 0.3) is 0 Å². The number of fused-ring (bicyclic) bond motifs is 1. The molecule has 13 heteroatoms. The Morgan fingerprint density at radius 1 is 1.08 bits per heavy atom. The molecule has 4 unspecified atom stereocenters. The van der Waals surface area contributed by atoms with Gasteiger partial charge in [0.05, 0.1) is 18.1 Å². The SMILES string of the molecule is CCCOc1ccc(S(=O)(=O)N2CCN(CCO)CC2)cc1C1NC(=O)C2C(N1)C(CCC)CN2CC.Cl.Cl. The van der Waals surface area contributed by atoms with Crippen LogP contribution in [0.15, 0.2) is 23.1 Å². The van der Waals surface area contributed by atoms with E-state index < -0.39 is 16.2 Å². The molecule has 10 nitrogen and oxygen atoms in total. The predicted molar refractivity (Wildman–Crippen MR) is 156 cm³/mol. The summed E-state index contributed by atoms with van der Waals surface area (Å²) in [6.07, 6.45) is 2.36. The molecule has 0 aliphatic carbocycles. The van der Waals surface area contributed by atoms with Gasteiger partial charge in [0.1, 0.15) is 18.0 Å². The van der Waals surface area contributed by atoms with Crippen molar-refractivity contribution in [1.82, 2.24) is 24.7 Å². The molecule has 39 heavy (non-hydrogen) atoms. The number of carbonyl (C=O) groups is 1. The number of piperazine rings is 1. The van der Waals surface area contributed by atoms with Crippen molar-refractivity contribution in [2.45, 2.75) is 63.2 Å². The number of ether oxygens (including phenoxy) is 1. The minimum absolute atomic E-state index is 0. The van der Waals surface area contributed by atoms with E-state index in [-0.39, 0.29) is 54.3 Å². The van der Waals surface area contributed by atoms with Crippen LogP contribution in [-0.2, 0) is 14.8 Å². The summed E-state index contributed by atoms with van der Waals surface area (Å²) >= 11 is 0. The summed E-state index contributed by atoms with van der Waals surface area (Å²) in [7, 11) is -3.72. The van der Waals surface area contributed by atoms with E-state index >= 15 is 0 Å². The van der Waals surface area contributed by atoms with Crippen LogP contribution in [0.3, 0.4) is 0 Å². The third kappa shape index (κ3) is 7.37. The van der Waals surface area contributed by atoms with Crippen molar-refractivity contribution in [1.29, 1.82) is 0 Å². The first-order valence-corrected chi connectivity index (χ1v) is 15.2. The number of β-amino-alcohol motifs (C(OH)–C–C–N with tert-alkyl or cyclic N) is 1. The molecule has 0 bridgehead atoms. The lowest BCUT2D eigenvalue weighted by Crippen LogP contribution is -2.62. The number of rotatable bonds is 11. The number of hydrogen-bond donors (Lipinski definition) is 3. The number of hydrogen-bond acceptors (Lipinski definition) is 8. The van der Waals surface area contributed by atoms with Crippen LogP contribution in [-0.4, -0.2) is 105 Å². The van der Waals surface area contributed by atoms with E-state index in [2.05, 4.69) is 34.3 Å². The van der Waals surface area contributed by atoms with Crippen LogP contribution >= 0.6 is 24.8 Å². The number of likely N-dealkylation sites (N-methyl/N-ethyl adjacent to an activating group) is 1. The fourth-order valence-corrected chi connectivity index (χ4v) is 7.36. The zero-order valence-electron chi connectivity index (χ0n) is 23.2. The highest BCUT2D eigenvalue weighted by molar-refractivity contribution is 7.89. The number of aliphatic hydroxyl groups is 1. The smallest absolute Gasteiger partial charge is 0.243 e. The van der Waals surface area contributed by atoms with Gasteiger partial charge < -0.3 is 15.2 Å². The summed E-state index contributed by atoms with van der Waals surface area (Å²) in [6.45, 7) is 11.0. The highest BCUT2D eigenvalue weighted by Crippen LogP contribution is 2.35. The second kappa shape index (κ2) is 15.2. The molecule has 3 saturated heterocycles. The van der Waals surface area contributed by atoms with E-state index in [1.165, 1.54) is 4.31 Å². The van der Waals surface area contributed by atoms with Gasteiger partial charge in [-0.05, 0) is 43.5 Å². The number of halogens is 2. The van der Waals surface area contributed by atoms with Gasteiger partial charge in [-0.1, -0.05) is 27.2 Å². The topological polar surface area (TPSA) is 114 Å². The van der Waals surface area contributed by atoms with Crippen LogP contribution in [0.4, 0.5) is 0 Å². The number of nitrogens with one attached hydrogen (secondary N) is 2. The zero-order valence-corrected chi connectivity index (χ0v) is 25.6. The predicted octanol–water partition coefficient (Wildman–Crippen LogP) is 1.82. The fourth-order valence-electron chi connectivity index (χ4n) is 5.91. The van der Waals surface area contributed by atoms with Gasteiger partial charge in [0.25, 0.3) is 0 Å². The third-order valence-corrected chi connectivity index (χ3v) is 9.72. The van der Waals surface area contributed by atoms with Gasteiger partial charge in [0.15, 0.2) is 0 Å². The second-order valence-corrected chi connectivity index (χ2v) is 12.2. The van der Waals surface area contributed by atoms with E-state index in [0.717, 1.165) is 32.4 Å². The van der Waals surface area contributed by atoms with E-state index in [0.29, 0.717) is 56.6 Å². The van der Waals surface area contributed by atoms with Crippen molar-refractivity contribution >= 4 is 40.7 Å². The highest BCUT2D eigenvalue weighted by Gasteiger charge is 2.49. The van der Waals surface area contributed by atoms with E-state index in [9.17, 15) is 18.3 Å². The van der Waals surface area contributed by atoms with Gasteiger partial charge in [-0.2, -0.15) is 4.31 Å². The maximum Gasteiger partial charge on any atom is 0.243 e.